The maximum Gasteiger partial charge on any atom is 0.234 e. The Morgan fingerprint density at radius 1 is 1.15 bits per heavy atom. The molecular formula is C18H17BrN4OS2. The number of hydrogen-bond donors (Lipinski definition) is 2. The van der Waals surface area contributed by atoms with Gasteiger partial charge in [0, 0.05) is 10.2 Å². The van der Waals surface area contributed by atoms with Gasteiger partial charge in [-0.1, -0.05) is 47.4 Å². The summed E-state index contributed by atoms with van der Waals surface area (Å²) in [5.41, 5.74) is 4.04. The minimum atomic E-state index is -0.0804. The molecule has 5 nitrogen and oxygen atoms in total. The van der Waals surface area contributed by atoms with Crippen molar-refractivity contribution < 1.29 is 4.79 Å². The van der Waals surface area contributed by atoms with Crippen LogP contribution in [-0.4, -0.2) is 21.9 Å². The van der Waals surface area contributed by atoms with Crippen LogP contribution >= 0.6 is 39.0 Å². The van der Waals surface area contributed by atoms with Gasteiger partial charge in [0.25, 0.3) is 0 Å². The lowest BCUT2D eigenvalue weighted by molar-refractivity contribution is -0.113. The Morgan fingerprint density at radius 3 is 2.73 bits per heavy atom. The van der Waals surface area contributed by atoms with Crippen LogP contribution in [0.5, 0.6) is 0 Å². The van der Waals surface area contributed by atoms with Gasteiger partial charge >= 0.3 is 0 Å². The zero-order chi connectivity index (χ0) is 18.5. The second-order valence-electron chi connectivity index (χ2n) is 5.63. The van der Waals surface area contributed by atoms with Crippen LogP contribution in [0.15, 0.2) is 51.3 Å². The Hall–Kier alpha value is -1.90. The molecule has 134 valence electrons. The lowest BCUT2D eigenvalue weighted by Crippen LogP contribution is -2.14. The minimum Gasteiger partial charge on any atom is -0.330 e. The summed E-state index contributed by atoms with van der Waals surface area (Å²) in [6.45, 7) is 4.04. The van der Waals surface area contributed by atoms with Gasteiger partial charge in [-0.3, -0.25) is 4.79 Å². The fourth-order valence-corrected chi connectivity index (χ4v) is 4.34. The summed E-state index contributed by atoms with van der Waals surface area (Å²) < 4.78 is 1.62. The summed E-state index contributed by atoms with van der Waals surface area (Å²) in [4.78, 5) is 12.2. The lowest BCUT2D eigenvalue weighted by atomic mass is 10.2. The molecule has 3 rings (SSSR count). The van der Waals surface area contributed by atoms with Crippen LogP contribution in [0.2, 0.25) is 0 Å². The van der Waals surface area contributed by atoms with E-state index in [0.717, 1.165) is 31.3 Å². The molecule has 0 bridgehead atoms. The van der Waals surface area contributed by atoms with E-state index in [2.05, 4.69) is 36.8 Å². The van der Waals surface area contributed by atoms with Crippen molar-refractivity contribution in [1.82, 2.24) is 10.2 Å². The highest BCUT2D eigenvalue weighted by Gasteiger charge is 2.10. The van der Waals surface area contributed by atoms with E-state index in [0.29, 0.717) is 5.13 Å². The second kappa shape index (κ2) is 8.66. The van der Waals surface area contributed by atoms with Crippen molar-refractivity contribution in [3.05, 3.63) is 58.1 Å². The molecule has 0 aliphatic carbocycles. The quantitative estimate of drug-likeness (QED) is 0.494. The number of carbonyl (C=O) groups excluding carboxylic acids is 1. The Labute approximate surface area is 168 Å². The zero-order valence-corrected chi connectivity index (χ0v) is 17.5. The normalized spacial score (nSPS) is 10.6. The van der Waals surface area contributed by atoms with Crippen molar-refractivity contribution >= 4 is 61.4 Å². The predicted octanol–water partition coefficient (Wildman–Crippen LogP) is 5.39. The summed E-state index contributed by atoms with van der Waals surface area (Å²) in [7, 11) is 0. The molecule has 26 heavy (non-hydrogen) atoms. The lowest BCUT2D eigenvalue weighted by Gasteiger charge is -2.07. The number of anilines is 3. The molecule has 0 saturated carbocycles. The number of benzene rings is 2. The van der Waals surface area contributed by atoms with Crippen molar-refractivity contribution in [3.8, 4) is 0 Å². The third kappa shape index (κ3) is 5.06. The third-order valence-corrected chi connectivity index (χ3v) is 6.15. The van der Waals surface area contributed by atoms with Gasteiger partial charge in [-0.15, -0.1) is 10.2 Å². The van der Waals surface area contributed by atoms with E-state index in [1.54, 1.807) is 0 Å². The smallest absolute Gasteiger partial charge is 0.234 e. The standard InChI is InChI=1S/C18H17BrN4OS2/c1-11-7-8-15(13(19)9-11)20-16(24)10-25-18-23-22-17(26-18)21-14-6-4-3-5-12(14)2/h3-9H,10H2,1-2H3,(H,20,24)(H,21,22). The highest BCUT2D eigenvalue weighted by atomic mass is 79.9. The van der Waals surface area contributed by atoms with Gasteiger partial charge in [0.05, 0.1) is 11.4 Å². The Bertz CT molecular complexity index is 929. The largest absolute Gasteiger partial charge is 0.330 e. The van der Waals surface area contributed by atoms with Gasteiger partial charge in [0.1, 0.15) is 0 Å². The van der Waals surface area contributed by atoms with Crippen LogP contribution in [0.25, 0.3) is 0 Å². The summed E-state index contributed by atoms with van der Waals surface area (Å²) >= 11 is 6.26. The van der Waals surface area contributed by atoms with E-state index >= 15 is 0 Å². The number of hydrogen-bond acceptors (Lipinski definition) is 6. The summed E-state index contributed by atoms with van der Waals surface area (Å²) in [5, 5.41) is 15.1. The Morgan fingerprint density at radius 2 is 1.96 bits per heavy atom. The number of aromatic nitrogens is 2. The molecule has 0 aliphatic heterocycles. The number of nitrogens with one attached hydrogen (secondary N) is 2. The molecule has 1 amide bonds. The minimum absolute atomic E-state index is 0.0804. The van der Waals surface area contributed by atoms with E-state index < -0.39 is 0 Å². The molecule has 0 atom stereocenters. The number of amides is 1. The van der Waals surface area contributed by atoms with E-state index in [9.17, 15) is 4.79 Å². The van der Waals surface area contributed by atoms with E-state index in [4.69, 9.17) is 0 Å². The fraction of sp³-hybridized carbons (Fsp3) is 0.167. The van der Waals surface area contributed by atoms with Gasteiger partial charge in [-0.05, 0) is 59.1 Å². The maximum atomic E-state index is 12.2. The Balaban J connectivity index is 1.54. The molecule has 0 fully saturated rings. The van der Waals surface area contributed by atoms with Gasteiger partial charge in [0.15, 0.2) is 4.34 Å². The van der Waals surface area contributed by atoms with Crippen molar-refractivity contribution in [2.75, 3.05) is 16.4 Å². The first-order chi connectivity index (χ1) is 12.5. The number of aryl methyl sites for hydroxylation is 2. The number of nitrogens with zero attached hydrogens (tertiary/aromatic N) is 2. The molecule has 2 N–H and O–H groups in total. The number of halogens is 1. The van der Waals surface area contributed by atoms with Crippen LogP contribution in [0.4, 0.5) is 16.5 Å². The monoisotopic (exact) mass is 448 g/mol. The first-order valence-electron chi connectivity index (χ1n) is 7.86. The average molecular weight is 449 g/mol. The topological polar surface area (TPSA) is 66.9 Å². The molecule has 0 spiro atoms. The van der Waals surface area contributed by atoms with Crippen molar-refractivity contribution in [2.24, 2.45) is 0 Å². The van der Waals surface area contributed by atoms with Crippen LogP contribution in [0, 0.1) is 13.8 Å². The highest BCUT2D eigenvalue weighted by Crippen LogP contribution is 2.29. The maximum absolute atomic E-state index is 12.2. The molecule has 1 aromatic heterocycles. The molecule has 8 heteroatoms. The van der Waals surface area contributed by atoms with Gasteiger partial charge in [-0.25, -0.2) is 0 Å². The van der Waals surface area contributed by atoms with Gasteiger partial charge in [-0.2, -0.15) is 0 Å². The fourth-order valence-electron chi connectivity index (χ4n) is 2.18. The van der Waals surface area contributed by atoms with Crippen molar-refractivity contribution in [1.29, 1.82) is 0 Å². The molecule has 0 aliphatic rings. The number of carbonyl (C=O) groups is 1. The average Bonchev–Trinajstić information content (AvgIpc) is 3.05. The molecule has 0 radical (unpaired) electrons. The van der Waals surface area contributed by atoms with Crippen LogP contribution in [0.3, 0.4) is 0 Å². The molecule has 2 aromatic carbocycles. The molecule has 3 aromatic rings. The van der Waals surface area contributed by atoms with Crippen LogP contribution in [0.1, 0.15) is 11.1 Å². The third-order valence-electron chi connectivity index (χ3n) is 3.52. The van der Waals surface area contributed by atoms with Crippen molar-refractivity contribution in [2.45, 2.75) is 18.2 Å². The first-order valence-corrected chi connectivity index (χ1v) is 10.5. The molecular weight excluding hydrogens is 432 g/mol. The van der Waals surface area contributed by atoms with Gasteiger partial charge in [0.2, 0.25) is 11.0 Å². The molecule has 1 heterocycles. The van der Waals surface area contributed by atoms with Gasteiger partial charge < -0.3 is 10.6 Å². The van der Waals surface area contributed by atoms with E-state index in [-0.39, 0.29) is 11.7 Å². The summed E-state index contributed by atoms with van der Waals surface area (Å²) in [6, 6.07) is 13.8. The molecule has 0 saturated heterocycles. The summed E-state index contributed by atoms with van der Waals surface area (Å²) in [6.07, 6.45) is 0. The van der Waals surface area contributed by atoms with E-state index in [1.807, 2.05) is 56.3 Å². The number of rotatable bonds is 6. The summed E-state index contributed by atoms with van der Waals surface area (Å²) in [5.74, 6) is 0.197. The predicted molar refractivity (Wildman–Crippen MR) is 113 cm³/mol. The van der Waals surface area contributed by atoms with Crippen molar-refractivity contribution in [3.63, 3.8) is 0 Å². The van der Waals surface area contributed by atoms with E-state index in [1.165, 1.54) is 23.1 Å². The first kappa shape index (κ1) is 18.9. The number of para-hydroxylation sites is 1. The SMILES string of the molecule is Cc1ccc(NC(=O)CSc2nnc(Nc3ccccc3C)s2)c(Br)c1. The second-order valence-corrected chi connectivity index (χ2v) is 8.69. The van der Waals surface area contributed by atoms with Crippen LogP contribution < -0.4 is 10.6 Å². The zero-order valence-electron chi connectivity index (χ0n) is 14.2. The molecule has 0 unspecified atom stereocenters. The highest BCUT2D eigenvalue weighted by molar-refractivity contribution is 9.10. The Kier molecular flexibility index (Phi) is 6.29. The number of thioether (sulfide) groups is 1. The van der Waals surface area contributed by atoms with Crippen LogP contribution in [-0.2, 0) is 4.79 Å².